The number of hydrogen-bond donors (Lipinski definition) is 3. The van der Waals surface area contributed by atoms with Crippen LogP contribution in [0, 0.1) is 12.3 Å². The molecule has 1 atom stereocenters. The molecule has 0 radical (unpaired) electrons. The predicted octanol–water partition coefficient (Wildman–Crippen LogP) is 3.63. The highest BCUT2D eigenvalue weighted by molar-refractivity contribution is 6.11. The van der Waals surface area contributed by atoms with Crippen molar-refractivity contribution in [1.82, 2.24) is 4.90 Å². The van der Waals surface area contributed by atoms with Gasteiger partial charge in [0, 0.05) is 38.4 Å². The molecule has 2 aliphatic rings. The molecule has 4 N–H and O–H groups in total. The molecule has 10 heteroatoms. The van der Waals surface area contributed by atoms with Gasteiger partial charge < -0.3 is 25.6 Å². The van der Waals surface area contributed by atoms with Crippen LogP contribution in [-0.4, -0.2) is 75.5 Å². The van der Waals surface area contributed by atoms with Gasteiger partial charge in [-0.1, -0.05) is 23.8 Å². The minimum absolute atomic E-state index is 0.0947. The molecule has 0 bridgehead atoms. The van der Waals surface area contributed by atoms with Crippen LogP contribution in [0.5, 0.6) is 0 Å². The average molecular weight is 534 g/mol. The summed E-state index contributed by atoms with van der Waals surface area (Å²) in [4.78, 5) is 36.2. The van der Waals surface area contributed by atoms with Gasteiger partial charge in [-0.15, -0.1) is 0 Å². The molecule has 0 spiro atoms. The molecule has 4 rings (SSSR count). The second kappa shape index (κ2) is 14.0. The van der Waals surface area contributed by atoms with Crippen LogP contribution in [0.25, 0.3) is 0 Å². The number of rotatable bonds is 8. The summed E-state index contributed by atoms with van der Waals surface area (Å²) in [6.07, 6.45) is 5.66. The largest absolute Gasteiger partial charge is 0.466 e. The van der Waals surface area contributed by atoms with E-state index < -0.39 is 0 Å². The van der Waals surface area contributed by atoms with Gasteiger partial charge in [-0.25, -0.2) is 0 Å². The molecule has 1 amide bonds. The van der Waals surface area contributed by atoms with Gasteiger partial charge in [-0.3, -0.25) is 24.9 Å². The minimum Gasteiger partial charge on any atom is -0.466 e. The summed E-state index contributed by atoms with van der Waals surface area (Å²) in [6.45, 7) is 5.74. The second-order valence-electron chi connectivity index (χ2n) is 9.26. The van der Waals surface area contributed by atoms with Crippen LogP contribution in [0.4, 0.5) is 17.1 Å². The molecule has 2 aliphatic heterocycles. The quantitative estimate of drug-likeness (QED) is 0.269. The lowest BCUT2D eigenvalue weighted by Crippen LogP contribution is -2.44. The number of fused-ring (bicyclic) bond motifs is 1. The maximum Gasteiger partial charge on any atom is 0.307 e. The number of aliphatic imine (C=N–C) groups is 1. The summed E-state index contributed by atoms with van der Waals surface area (Å²) in [5.41, 5.74) is 9.31. The number of aryl methyl sites for hydroxylation is 1. The van der Waals surface area contributed by atoms with Gasteiger partial charge in [0.1, 0.15) is 12.0 Å². The summed E-state index contributed by atoms with van der Waals surface area (Å²) in [7, 11) is 4.11. The van der Waals surface area contributed by atoms with E-state index in [0.717, 1.165) is 36.4 Å². The van der Waals surface area contributed by atoms with Gasteiger partial charge in [0.15, 0.2) is 0 Å². The van der Waals surface area contributed by atoms with E-state index in [0.29, 0.717) is 24.6 Å². The minimum atomic E-state index is -0.324. The van der Waals surface area contributed by atoms with Crippen LogP contribution in [0.2, 0.25) is 0 Å². The number of esters is 1. The molecular weight excluding hydrogens is 494 g/mol. The van der Waals surface area contributed by atoms with Crippen LogP contribution >= 0.6 is 0 Å². The first-order valence-electron chi connectivity index (χ1n) is 13.1. The summed E-state index contributed by atoms with van der Waals surface area (Å²) in [5.74, 6) is 0.0845. The molecule has 39 heavy (non-hydrogen) atoms. The maximum absolute atomic E-state index is 13.6. The number of anilines is 3. The van der Waals surface area contributed by atoms with Crippen molar-refractivity contribution < 1.29 is 14.3 Å². The Morgan fingerprint density at radius 1 is 1.18 bits per heavy atom. The predicted molar refractivity (Wildman–Crippen MR) is 158 cm³/mol. The number of amides is 1. The molecule has 0 fully saturated rings. The number of ether oxygens (including phenoxy) is 1. The van der Waals surface area contributed by atoms with E-state index in [1.807, 2.05) is 37.4 Å². The number of benzene rings is 2. The van der Waals surface area contributed by atoms with Gasteiger partial charge in [0.25, 0.3) is 5.91 Å². The van der Waals surface area contributed by atoms with Crippen molar-refractivity contribution in [2.45, 2.75) is 32.9 Å². The number of nitrogens with two attached hydrogens (primary N) is 1. The molecule has 2 aromatic carbocycles. The SMILES string of the molecule is CCOC(=O)CCN(C(=O)c1ccc2c(c1)N(C)C(CNc1ccc(C)cc1)N2C)C1=NCCC=C1.N=CN. The molecule has 10 nitrogen and oxygen atoms in total. The normalized spacial score (nSPS) is 15.5. The van der Waals surface area contributed by atoms with Crippen molar-refractivity contribution in [2.75, 3.05) is 55.5 Å². The fourth-order valence-electron chi connectivity index (χ4n) is 4.56. The lowest BCUT2D eigenvalue weighted by molar-refractivity contribution is -0.143. The van der Waals surface area contributed by atoms with Gasteiger partial charge in [-0.05, 0) is 56.7 Å². The number of dihydropyridines is 1. The standard InChI is InChI=1S/C28H35N5O3.CH4N2/c1-5-36-27(34)15-17-33(25-8-6-7-16-29-25)28(35)21-11-14-23-24(18-21)32(4)26(31(23)3)19-30-22-12-9-20(2)10-13-22;2-1-3/h6,8-14,18,26,30H,5,7,15-17,19H2,1-4H3;1H,(H3,2,3). The zero-order valence-corrected chi connectivity index (χ0v) is 23.2. The molecule has 0 aromatic heterocycles. The van der Waals surface area contributed by atoms with Gasteiger partial charge in [-0.2, -0.15) is 0 Å². The molecule has 1 unspecified atom stereocenters. The third kappa shape index (κ3) is 7.37. The highest BCUT2D eigenvalue weighted by atomic mass is 16.5. The summed E-state index contributed by atoms with van der Waals surface area (Å²) < 4.78 is 5.07. The van der Waals surface area contributed by atoms with Crippen LogP contribution < -0.4 is 20.9 Å². The number of likely N-dealkylation sites (N-methyl/N-ethyl adjacent to an activating group) is 2. The van der Waals surface area contributed by atoms with Crippen LogP contribution in [0.3, 0.4) is 0 Å². The van der Waals surface area contributed by atoms with E-state index in [4.69, 9.17) is 10.1 Å². The van der Waals surface area contributed by atoms with Crippen molar-refractivity contribution in [3.63, 3.8) is 0 Å². The smallest absolute Gasteiger partial charge is 0.307 e. The molecule has 208 valence electrons. The molecular formula is C29H39N7O3. The lowest BCUT2D eigenvalue weighted by atomic mass is 10.1. The van der Waals surface area contributed by atoms with Gasteiger partial charge in [0.2, 0.25) is 0 Å². The Morgan fingerprint density at radius 3 is 2.51 bits per heavy atom. The fraction of sp³-hybridized carbons (Fsp3) is 0.379. The van der Waals surface area contributed by atoms with Crippen molar-refractivity contribution in [3.8, 4) is 0 Å². The second-order valence-corrected chi connectivity index (χ2v) is 9.26. The van der Waals surface area contributed by atoms with E-state index in [1.165, 1.54) is 5.56 Å². The highest BCUT2D eigenvalue weighted by Crippen LogP contribution is 2.38. The van der Waals surface area contributed by atoms with Crippen molar-refractivity contribution in [1.29, 1.82) is 5.41 Å². The van der Waals surface area contributed by atoms with Gasteiger partial charge >= 0.3 is 5.97 Å². The zero-order valence-electron chi connectivity index (χ0n) is 23.2. The molecule has 2 heterocycles. The Labute approximate surface area is 230 Å². The Kier molecular flexibility index (Phi) is 10.5. The summed E-state index contributed by atoms with van der Waals surface area (Å²) >= 11 is 0. The van der Waals surface area contributed by atoms with E-state index >= 15 is 0 Å². The zero-order chi connectivity index (χ0) is 28.4. The van der Waals surface area contributed by atoms with E-state index in [1.54, 1.807) is 11.8 Å². The van der Waals surface area contributed by atoms with E-state index in [9.17, 15) is 9.59 Å². The monoisotopic (exact) mass is 533 g/mol. The third-order valence-corrected chi connectivity index (χ3v) is 6.62. The topological polar surface area (TPSA) is 127 Å². The van der Waals surface area contributed by atoms with E-state index in [-0.39, 0.29) is 31.0 Å². The first kappa shape index (κ1) is 29.2. The summed E-state index contributed by atoms with van der Waals surface area (Å²) in [5, 5.41) is 9.38. The lowest BCUT2D eigenvalue weighted by Gasteiger charge is -2.28. The molecule has 0 saturated heterocycles. The highest BCUT2D eigenvalue weighted by Gasteiger charge is 2.32. The van der Waals surface area contributed by atoms with Gasteiger partial charge in [0.05, 0.1) is 37.3 Å². The number of carbonyl (C=O) groups is 2. The Balaban J connectivity index is 0.00000134. The van der Waals surface area contributed by atoms with Crippen LogP contribution in [0.15, 0.2) is 59.6 Å². The Bertz CT molecular complexity index is 1210. The van der Waals surface area contributed by atoms with Crippen molar-refractivity contribution in [2.24, 2.45) is 10.7 Å². The van der Waals surface area contributed by atoms with Crippen LogP contribution in [0.1, 0.15) is 35.7 Å². The maximum atomic E-state index is 13.6. The van der Waals surface area contributed by atoms with Crippen molar-refractivity contribution >= 4 is 41.1 Å². The number of carbonyl (C=O) groups excluding carboxylic acids is 2. The number of amidine groups is 1. The fourth-order valence-corrected chi connectivity index (χ4v) is 4.56. The number of nitrogens with zero attached hydrogens (tertiary/aromatic N) is 4. The number of hydrogen-bond acceptors (Lipinski definition) is 8. The first-order valence-corrected chi connectivity index (χ1v) is 13.1. The third-order valence-electron chi connectivity index (χ3n) is 6.62. The molecule has 0 aliphatic carbocycles. The first-order chi connectivity index (χ1) is 18.8. The molecule has 2 aromatic rings. The van der Waals surface area contributed by atoms with Crippen molar-refractivity contribution in [3.05, 3.63) is 65.7 Å². The Morgan fingerprint density at radius 2 is 1.87 bits per heavy atom. The molecule has 0 saturated carbocycles. The Hall–Kier alpha value is -4.34. The summed E-state index contributed by atoms with van der Waals surface area (Å²) in [6, 6.07) is 14.1. The number of nitrogens with one attached hydrogen (secondary N) is 2. The van der Waals surface area contributed by atoms with E-state index in [2.05, 4.69) is 64.1 Å². The average Bonchev–Trinajstić information content (AvgIpc) is 3.18. The van der Waals surface area contributed by atoms with Crippen LogP contribution in [-0.2, 0) is 9.53 Å².